The van der Waals surface area contributed by atoms with Gasteiger partial charge in [-0.05, 0) is 12.1 Å². The molecule has 2 N–H and O–H groups in total. The Morgan fingerprint density at radius 3 is 2.93 bits per heavy atom. The highest BCUT2D eigenvalue weighted by atomic mass is 15.0. The number of H-pyrrole nitrogens is 1. The van der Waals surface area contributed by atoms with Crippen LogP contribution in [0.15, 0.2) is 24.8 Å². The smallest absolute Gasteiger partial charge is 0.137 e. The van der Waals surface area contributed by atoms with E-state index in [1.54, 1.807) is 12.7 Å². The molecule has 0 aliphatic heterocycles. The summed E-state index contributed by atoms with van der Waals surface area (Å²) in [5.74, 6) is 0.830. The highest BCUT2D eigenvalue weighted by Crippen LogP contribution is 2.22. The summed E-state index contributed by atoms with van der Waals surface area (Å²) < 4.78 is 0. The van der Waals surface area contributed by atoms with Gasteiger partial charge in [0.25, 0.3) is 0 Å². The van der Waals surface area contributed by atoms with Crippen LogP contribution in [-0.4, -0.2) is 27.0 Å². The SMILES string of the molecule is CNc1ncnc2cc3nc[nH]c3cc12. The first-order chi connectivity index (χ1) is 7.38. The number of hydrogen-bond donors (Lipinski definition) is 2. The summed E-state index contributed by atoms with van der Waals surface area (Å²) in [4.78, 5) is 15.6. The van der Waals surface area contributed by atoms with Gasteiger partial charge in [0, 0.05) is 12.4 Å². The third kappa shape index (κ3) is 1.13. The molecule has 1 aromatic carbocycles. The first kappa shape index (κ1) is 8.16. The van der Waals surface area contributed by atoms with Gasteiger partial charge < -0.3 is 10.3 Å². The van der Waals surface area contributed by atoms with E-state index in [0.717, 1.165) is 27.8 Å². The van der Waals surface area contributed by atoms with Crippen molar-refractivity contribution in [1.29, 1.82) is 0 Å². The van der Waals surface area contributed by atoms with Crippen LogP contribution in [0.5, 0.6) is 0 Å². The Balaban J connectivity index is 2.48. The second-order valence-electron chi connectivity index (χ2n) is 3.26. The van der Waals surface area contributed by atoms with Crippen LogP contribution >= 0.6 is 0 Å². The van der Waals surface area contributed by atoms with Crippen LogP contribution in [0.1, 0.15) is 0 Å². The van der Waals surface area contributed by atoms with E-state index in [4.69, 9.17) is 0 Å². The lowest BCUT2D eigenvalue weighted by Gasteiger charge is -2.03. The molecule has 2 aromatic heterocycles. The molecule has 0 amide bonds. The monoisotopic (exact) mass is 199 g/mol. The number of nitrogens with one attached hydrogen (secondary N) is 2. The lowest BCUT2D eigenvalue weighted by atomic mass is 10.2. The van der Waals surface area contributed by atoms with E-state index < -0.39 is 0 Å². The Kier molecular flexibility index (Phi) is 1.58. The summed E-state index contributed by atoms with van der Waals surface area (Å²) >= 11 is 0. The zero-order chi connectivity index (χ0) is 10.3. The normalized spacial score (nSPS) is 11.0. The first-order valence-electron chi connectivity index (χ1n) is 4.64. The highest BCUT2D eigenvalue weighted by molar-refractivity contribution is 5.98. The highest BCUT2D eigenvalue weighted by Gasteiger charge is 2.04. The Morgan fingerprint density at radius 1 is 1.13 bits per heavy atom. The molecule has 5 nitrogen and oxygen atoms in total. The minimum absolute atomic E-state index is 0.830. The molecule has 74 valence electrons. The molecule has 2 heterocycles. The average molecular weight is 199 g/mol. The summed E-state index contributed by atoms with van der Waals surface area (Å²) in [6, 6.07) is 3.95. The number of rotatable bonds is 1. The van der Waals surface area contributed by atoms with Crippen molar-refractivity contribution in [2.45, 2.75) is 0 Å². The fourth-order valence-electron chi connectivity index (χ4n) is 1.69. The van der Waals surface area contributed by atoms with E-state index in [9.17, 15) is 0 Å². The van der Waals surface area contributed by atoms with Crippen LogP contribution in [0.4, 0.5) is 5.82 Å². The Morgan fingerprint density at radius 2 is 2.07 bits per heavy atom. The van der Waals surface area contributed by atoms with Crippen molar-refractivity contribution < 1.29 is 0 Å². The molecule has 0 spiro atoms. The molecule has 0 unspecified atom stereocenters. The number of nitrogens with zero attached hydrogens (tertiary/aromatic N) is 3. The van der Waals surface area contributed by atoms with Gasteiger partial charge in [-0.15, -0.1) is 0 Å². The molecule has 3 rings (SSSR count). The maximum atomic E-state index is 4.21. The number of aromatic amines is 1. The second-order valence-corrected chi connectivity index (χ2v) is 3.26. The number of hydrogen-bond acceptors (Lipinski definition) is 4. The van der Waals surface area contributed by atoms with E-state index in [1.807, 2.05) is 19.2 Å². The van der Waals surface area contributed by atoms with Crippen LogP contribution in [0, 0.1) is 0 Å². The quantitative estimate of drug-likeness (QED) is 0.624. The molecule has 0 saturated carbocycles. The summed E-state index contributed by atoms with van der Waals surface area (Å²) in [5, 5.41) is 4.04. The van der Waals surface area contributed by atoms with Gasteiger partial charge in [0.15, 0.2) is 0 Å². The average Bonchev–Trinajstić information content (AvgIpc) is 2.72. The van der Waals surface area contributed by atoms with Crippen molar-refractivity contribution in [1.82, 2.24) is 19.9 Å². The lowest BCUT2D eigenvalue weighted by Crippen LogP contribution is -1.94. The van der Waals surface area contributed by atoms with Crippen LogP contribution in [0.2, 0.25) is 0 Å². The molecule has 0 bridgehead atoms. The second kappa shape index (κ2) is 2.91. The van der Waals surface area contributed by atoms with Crippen molar-refractivity contribution in [3.8, 4) is 0 Å². The molecule has 0 aliphatic rings. The van der Waals surface area contributed by atoms with Crippen LogP contribution < -0.4 is 5.32 Å². The minimum atomic E-state index is 0.830. The number of benzene rings is 1. The fraction of sp³-hybridized carbons (Fsp3) is 0.100. The van der Waals surface area contributed by atoms with Crippen molar-refractivity contribution in [2.24, 2.45) is 0 Å². The van der Waals surface area contributed by atoms with Crippen molar-refractivity contribution in [2.75, 3.05) is 12.4 Å². The zero-order valence-electron chi connectivity index (χ0n) is 8.15. The first-order valence-corrected chi connectivity index (χ1v) is 4.64. The molecule has 0 saturated heterocycles. The van der Waals surface area contributed by atoms with E-state index in [1.165, 1.54) is 0 Å². The third-order valence-electron chi connectivity index (χ3n) is 2.41. The Labute approximate surface area is 85.6 Å². The van der Waals surface area contributed by atoms with Gasteiger partial charge in [0.05, 0.1) is 22.9 Å². The van der Waals surface area contributed by atoms with Gasteiger partial charge in [-0.3, -0.25) is 0 Å². The molecule has 3 aromatic rings. The maximum absolute atomic E-state index is 4.21. The van der Waals surface area contributed by atoms with Crippen molar-refractivity contribution in [3.05, 3.63) is 24.8 Å². The van der Waals surface area contributed by atoms with E-state index >= 15 is 0 Å². The zero-order valence-corrected chi connectivity index (χ0v) is 8.15. The van der Waals surface area contributed by atoms with E-state index in [0.29, 0.717) is 0 Å². The molecule has 0 fully saturated rings. The largest absolute Gasteiger partial charge is 0.373 e. The molecular formula is C10H9N5. The standard InChI is InChI=1S/C10H9N5/c1-11-10-6-2-8-9(14-4-13-8)3-7(6)12-5-15-10/h2-5H,1H3,(H,13,14)(H,11,12,15). The lowest BCUT2D eigenvalue weighted by molar-refractivity contribution is 1.21. The molecular weight excluding hydrogens is 190 g/mol. The molecule has 0 atom stereocenters. The fourth-order valence-corrected chi connectivity index (χ4v) is 1.69. The molecule has 0 radical (unpaired) electrons. The van der Waals surface area contributed by atoms with Gasteiger partial charge >= 0.3 is 0 Å². The van der Waals surface area contributed by atoms with Crippen molar-refractivity contribution >= 4 is 27.8 Å². The molecule has 15 heavy (non-hydrogen) atoms. The Hall–Kier alpha value is -2.17. The number of anilines is 1. The third-order valence-corrected chi connectivity index (χ3v) is 2.41. The topological polar surface area (TPSA) is 66.5 Å². The van der Waals surface area contributed by atoms with Crippen LogP contribution in [0.25, 0.3) is 21.9 Å². The summed E-state index contributed by atoms with van der Waals surface area (Å²) in [6.45, 7) is 0. The van der Waals surface area contributed by atoms with E-state index in [-0.39, 0.29) is 0 Å². The predicted molar refractivity (Wildman–Crippen MR) is 58.7 cm³/mol. The Bertz CT molecular complexity index is 628. The number of fused-ring (bicyclic) bond motifs is 2. The van der Waals surface area contributed by atoms with Gasteiger partial charge in [-0.25, -0.2) is 15.0 Å². The number of imidazole rings is 1. The molecule has 0 aliphatic carbocycles. The minimum Gasteiger partial charge on any atom is -0.373 e. The van der Waals surface area contributed by atoms with Crippen molar-refractivity contribution in [3.63, 3.8) is 0 Å². The van der Waals surface area contributed by atoms with E-state index in [2.05, 4.69) is 25.3 Å². The maximum Gasteiger partial charge on any atom is 0.137 e. The predicted octanol–water partition coefficient (Wildman–Crippen LogP) is 1.55. The van der Waals surface area contributed by atoms with Gasteiger partial charge in [-0.1, -0.05) is 0 Å². The van der Waals surface area contributed by atoms with Gasteiger partial charge in [-0.2, -0.15) is 0 Å². The number of aromatic nitrogens is 4. The molecule has 5 heteroatoms. The summed E-state index contributed by atoms with van der Waals surface area (Å²) in [7, 11) is 1.85. The van der Waals surface area contributed by atoms with Gasteiger partial charge in [0.1, 0.15) is 12.1 Å². The summed E-state index contributed by atoms with van der Waals surface area (Å²) in [6.07, 6.45) is 3.22. The van der Waals surface area contributed by atoms with Gasteiger partial charge in [0.2, 0.25) is 0 Å². The van der Waals surface area contributed by atoms with Crippen LogP contribution in [0.3, 0.4) is 0 Å². The van der Waals surface area contributed by atoms with Crippen LogP contribution in [-0.2, 0) is 0 Å². The summed E-state index contributed by atoms with van der Waals surface area (Å²) in [5.41, 5.74) is 2.81.